The second-order valence-corrected chi connectivity index (χ2v) is 5.43. The number of hydrogen-bond donors (Lipinski definition) is 2. The van der Waals surface area contributed by atoms with Crippen LogP contribution in [0, 0.1) is 0 Å². The van der Waals surface area contributed by atoms with E-state index in [1.165, 1.54) is 0 Å². The minimum absolute atomic E-state index is 0.365. The molecule has 0 aliphatic carbocycles. The number of nitrogens with zero attached hydrogens (tertiary/aromatic N) is 1. The molecule has 0 aliphatic rings. The van der Waals surface area contributed by atoms with E-state index in [0.29, 0.717) is 10.9 Å². The van der Waals surface area contributed by atoms with Crippen LogP contribution in [-0.2, 0) is 0 Å². The van der Waals surface area contributed by atoms with Crippen molar-refractivity contribution >= 4 is 34.2 Å². The molecule has 0 saturated heterocycles. The van der Waals surface area contributed by atoms with Gasteiger partial charge < -0.3 is 11.1 Å². The zero-order valence-electron chi connectivity index (χ0n) is 10.1. The molecule has 0 radical (unpaired) electrons. The Morgan fingerprint density at radius 2 is 2.28 bits per heavy atom. The quantitative estimate of drug-likeness (QED) is 0.825. The molecule has 0 bridgehead atoms. The van der Waals surface area contributed by atoms with Crippen molar-refractivity contribution in [3.05, 3.63) is 46.4 Å². The molecule has 3 N–H and O–H groups in total. The molecule has 1 atom stereocenters. The molecule has 5 heteroatoms. The number of nitrogens with two attached hydrogens (primary N) is 1. The zero-order chi connectivity index (χ0) is 13.0. The van der Waals surface area contributed by atoms with Crippen LogP contribution in [0.25, 0.3) is 0 Å². The van der Waals surface area contributed by atoms with E-state index >= 15 is 0 Å². The van der Waals surface area contributed by atoms with Crippen molar-refractivity contribution in [1.82, 2.24) is 4.98 Å². The Morgan fingerprint density at radius 1 is 1.50 bits per heavy atom. The molecule has 0 aliphatic heterocycles. The standard InChI is InChI=1S/C13H15N3S2/c1-9(13-15-6-7-18-13)8-16-11-5-3-2-4-10(11)12(14)17/h2-7,9,16H,8H2,1H3,(H2,14,17). The van der Waals surface area contributed by atoms with E-state index < -0.39 is 0 Å². The molecule has 0 fully saturated rings. The highest BCUT2D eigenvalue weighted by molar-refractivity contribution is 7.80. The van der Waals surface area contributed by atoms with Gasteiger partial charge in [-0.15, -0.1) is 11.3 Å². The second kappa shape index (κ2) is 5.93. The predicted octanol–water partition coefficient (Wildman–Crippen LogP) is 2.99. The fourth-order valence-corrected chi connectivity index (χ4v) is 2.56. The molecule has 1 unspecified atom stereocenters. The number of thiocarbonyl (C=S) groups is 1. The Kier molecular flexibility index (Phi) is 4.28. The molecule has 3 nitrogen and oxygen atoms in total. The lowest BCUT2D eigenvalue weighted by molar-refractivity contribution is 0.795. The summed E-state index contributed by atoms with van der Waals surface area (Å²) in [4.78, 5) is 4.73. The largest absolute Gasteiger partial charge is 0.389 e. The SMILES string of the molecule is CC(CNc1ccccc1C(N)=S)c1nccs1. The Labute approximate surface area is 116 Å². The van der Waals surface area contributed by atoms with Gasteiger partial charge in [0, 0.05) is 35.3 Å². The van der Waals surface area contributed by atoms with Crippen LogP contribution in [0.1, 0.15) is 23.4 Å². The number of rotatable bonds is 5. The summed E-state index contributed by atoms with van der Waals surface area (Å²) < 4.78 is 0. The summed E-state index contributed by atoms with van der Waals surface area (Å²) in [6.45, 7) is 2.96. The summed E-state index contributed by atoms with van der Waals surface area (Å²) >= 11 is 6.71. The lowest BCUT2D eigenvalue weighted by Gasteiger charge is -2.14. The van der Waals surface area contributed by atoms with Gasteiger partial charge in [-0.1, -0.05) is 31.3 Å². The number of benzene rings is 1. The molecule has 0 spiro atoms. The lowest BCUT2D eigenvalue weighted by atomic mass is 10.1. The third-order valence-corrected chi connectivity index (χ3v) is 3.89. The molecule has 0 amide bonds. The van der Waals surface area contributed by atoms with Crippen molar-refractivity contribution < 1.29 is 0 Å². The van der Waals surface area contributed by atoms with Gasteiger partial charge in [-0.25, -0.2) is 4.98 Å². The highest BCUT2D eigenvalue weighted by atomic mass is 32.1. The van der Waals surface area contributed by atoms with Crippen molar-refractivity contribution in [2.75, 3.05) is 11.9 Å². The molecule has 0 saturated carbocycles. The van der Waals surface area contributed by atoms with Gasteiger partial charge in [0.25, 0.3) is 0 Å². The van der Waals surface area contributed by atoms with E-state index in [1.54, 1.807) is 11.3 Å². The summed E-state index contributed by atoms with van der Waals surface area (Å²) in [7, 11) is 0. The number of aromatic nitrogens is 1. The zero-order valence-corrected chi connectivity index (χ0v) is 11.7. The second-order valence-electron chi connectivity index (χ2n) is 4.06. The Morgan fingerprint density at radius 3 is 2.94 bits per heavy atom. The monoisotopic (exact) mass is 277 g/mol. The fraction of sp³-hybridized carbons (Fsp3) is 0.231. The minimum Gasteiger partial charge on any atom is -0.389 e. The van der Waals surface area contributed by atoms with Crippen molar-refractivity contribution in [3.8, 4) is 0 Å². The summed E-state index contributed by atoms with van der Waals surface area (Å²) in [6.07, 6.45) is 1.83. The Bertz CT molecular complexity index is 523. The molecule has 2 aromatic rings. The van der Waals surface area contributed by atoms with Crippen LogP contribution in [0.3, 0.4) is 0 Å². The predicted molar refractivity (Wildman–Crippen MR) is 81.3 cm³/mol. The Balaban J connectivity index is 2.04. The summed E-state index contributed by atoms with van der Waals surface area (Å²) in [6, 6.07) is 7.82. The van der Waals surface area contributed by atoms with Gasteiger partial charge in [0.2, 0.25) is 0 Å². The summed E-state index contributed by atoms with van der Waals surface area (Å²) in [5, 5.41) is 6.51. The summed E-state index contributed by atoms with van der Waals surface area (Å²) in [5.74, 6) is 0.365. The fourth-order valence-electron chi connectivity index (χ4n) is 1.68. The van der Waals surface area contributed by atoms with Crippen LogP contribution in [0.4, 0.5) is 5.69 Å². The Hall–Kier alpha value is -1.46. The van der Waals surface area contributed by atoms with E-state index in [-0.39, 0.29) is 0 Å². The number of hydrogen-bond acceptors (Lipinski definition) is 4. The van der Waals surface area contributed by atoms with Crippen LogP contribution in [0.5, 0.6) is 0 Å². The third kappa shape index (κ3) is 3.05. The van der Waals surface area contributed by atoms with Crippen molar-refractivity contribution in [3.63, 3.8) is 0 Å². The first-order valence-corrected chi connectivity index (χ1v) is 6.99. The maximum absolute atomic E-state index is 5.70. The van der Waals surface area contributed by atoms with E-state index in [0.717, 1.165) is 22.8 Å². The van der Waals surface area contributed by atoms with Crippen LogP contribution in [0.2, 0.25) is 0 Å². The first kappa shape index (κ1) is 13.0. The third-order valence-electron chi connectivity index (χ3n) is 2.66. The van der Waals surface area contributed by atoms with E-state index in [2.05, 4.69) is 17.2 Å². The van der Waals surface area contributed by atoms with Crippen molar-refractivity contribution in [1.29, 1.82) is 0 Å². The van der Waals surface area contributed by atoms with E-state index in [1.807, 2.05) is 35.8 Å². The summed E-state index contributed by atoms with van der Waals surface area (Å²) in [5.41, 5.74) is 7.56. The smallest absolute Gasteiger partial charge is 0.106 e. The molecule has 1 aromatic heterocycles. The molecule has 1 heterocycles. The minimum atomic E-state index is 0.365. The molecule has 94 valence electrons. The molecule has 2 rings (SSSR count). The lowest BCUT2D eigenvalue weighted by Crippen LogP contribution is -2.15. The van der Waals surface area contributed by atoms with Crippen LogP contribution in [0.15, 0.2) is 35.8 Å². The van der Waals surface area contributed by atoms with Gasteiger partial charge in [0.15, 0.2) is 0 Å². The molecular weight excluding hydrogens is 262 g/mol. The van der Waals surface area contributed by atoms with Gasteiger partial charge in [-0.2, -0.15) is 0 Å². The van der Waals surface area contributed by atoms with Gasteiger partial charge in [-0.3, -0.25) is 0 Å². The van der Waals surface area contributed by atoms with Gasteiger partial charge in [0.1, 0.15) is 4.99 Å². The van der Waals surface area contributed by atoms with Gasteiger partial charge in [0.05, 0.1) is 5.01 Å². The van der Waals surface area contributed by atoms with Crippen LogP contribution >= 0.6 is 23.6 Å². The maximum atomic E-state index is 5.70. The molecule has 18 heavy (non-hydrogen) atoms. The topological polar surface area (TPSA) is 50.9 Å². The number of para-hydroxylation sites is 1. The average molecular weight is 277 g/mol. The maximum Gasteiger partial charge on any atom is 0.106 e. The number of nitrogens with one attached hydrogen (secondary N) is 1. The number of anilines is 1. The molecular formula is C13H15N3S2. The van der Waals surface area contributed by atoms with E-state index in [9.17, 15) is 0 Å². The highest BCUT2D eigenvalue weighted by Crippen LogP contribution is 2.20. The van der Waals surface area contributed by atoms with Crippen LogP contribution in [-0.4, -0.2) is 16.5 Å². The van der Waals surface area contributed by atoms with E-state index in [4.69, 9.17) is 18.0 Å². The van der Waals surface area contributed by atoms with Crippen molar-refractivity contribution in [2.45, 2.75) is 12.8 Å². The highest BCUT2D eigenvalue weighted by Gasteiger charge is 2.09. The number of thiazole rings is 1. The first-order valence-electron chi connectivity index (χ1n) is 5.70. The first-order chi connectivity index (χ1) is 8.68. The van der Waals surface area contributed by atoms with Crippen molar-refractivity contribution in [2.24, 2.45) is 5.73 Å². The average Bonchev–Trinajstić information content (AvgIpc) is 2.90. The van der Waals surface area contributed by atoms with Gasteiger partial charge in [-0.05, 0) is 12.1 Å². The van der Waals surface area contributed by atoms with Gasteiger partial charge >= 0.3 is 0 Å². The van der Waals surface area contributed by atoms with Crippen LogP contribution < -0.4 is 11.1 Å². The normalized spacial score (nSPS) is 12.1. The molecule has 1 aromatic carbocycles.